The molecule has 0 saturated carbocycles. The van der Waals surface area contributed by atoms with Crippen LogP contribution in [-0.4, -0.2) is 34.9 Å². The fourth-order valence-corrected chi connectivity index (χ4v) is 2.38. The quantitative estimate of drug-likeness (QED) is 0.205. The van der Waals surface area contributed by atoms with Gasteiger partial charge in [0.05, 0.1) is 6.61 Å². The maximum absolute atomic E-state index is 11.3. The summed E-state index contributed by atoms with van der Waals surface area (Å²) < 4.78 is 4.34. The zero-order valence-corrected chi connectivity index (χ0v) is 15.0. The van der Waals surface area contributed by atoms with Crippen LogP contribution in [0.5, 0.6) is 0 Å². The van der Waals surface area contributed by atoms with Gasteiger partial charge in [-0.3, -0.25) is 0 Å². The minimum Gasteiger partial charge on any atom is -0.393 e. The molecule has 24 heavy (non-hydrogen) atoms. The fourth-order valence-electron chi connectivity index (χ4n) is 2.38. The first-order valence-electron chi connectivity index (χ1n) is 9.33. The van der Waals surface area contributed by atoms with Crippen molar-refractivity contribution < 1.29 is 24.5 Å². The molecular formula is C19H34O5. The van der Waals surface area contributed by atoms with Crippen LogP contribution in [0.15, 0.2) is 12.2 Å². The number of hydrogen-bond acceptors (Lipinski definition) is 5. The van der Waals surface area contributed by atoms with Crippen molar-refractivity contribution in [3.63, 3.8) is 0 Å². The fraction of sp³-hybridized carbons (Fsp3) is 0.789. The zero-order valence-electron chi connectivity index (χ0n) is 15.0. The Bertz CT molecular complexity index is 352. The third-order valence-electron chi connectivity index (χ3n) is 3.87. The van der Waals surface area contributed by atoms with Crippen molar-refractivity contribution in [3.8, 4) is 0 Å². The van der Waals surface area contributed by atoms with Crippen LogP contribution in [-0.2, 0) is 14.3 Å². The second-order valence-electron chi connectivity index (χ2n) is 6.17. The Morgan fingerprint density at radius 2 is 1.42 bits per heavy atom. The van der Waals surface area contributed by atoms with E-state index >= 15 is 0 Å². The van der Waals surface area contributed by atoms with E-state index in [0.717, 1.165) is 19.3 Å². The first-order valence-corrected chi connectivity index (χ1v) is 9.33. The highest BCUT2D eigenvalue weighted by Gasteiger charge is 2.17. The molecule has 0 aromatic rings. The first kappa shape index (κ1) is 22.8. The van der Waals surface area contributed by atoms with Crippen molar-refractivity contribution in [1.82, 2.24) is 0 Å². The molecule has 0 amide bonds. The van der Waals surface area contributed by atoms with E-state index in [0.29, 0.717) is 0 Å². The number of ether oxygens (including phenoxy) is 1. The number of allylic oxidation sites excluding steroid dienone is 1. The smallest absolute Gasteiger partial charge is 0.345 e. The van der Waals surface area contributed by atoms with Crippen LogP contribution >= 0.6 is 0 Å². The van der Waals surface area contributed by atoms with Gasteiger partial charge in [0.25, 0.3) is 0 Å². The Morgan fingerprint density at radius 3 is 1.92 bits per heavy atom. The van der Waals surface area contributed by atoms with Crippen LogP contribution in [0.2, 0.25) is 0 Å². The summed E-state index contributed by atoms with van der Waals surface area (Å²) in [6.45, 7) is 1.48. The van der Waals surface area contributed by atoms with E-state index in [4.69, 9.17) is 10.2 Å². The highest BCUT2D eigenvalue weighted by atomic mass is 16.6. The van der Waals surface area contributed by atoms with Crippen LogP contribution in [0.3, 0.4) is 0 Å². The Hall–Kier alpha value is -1.20. The number of aliphatic hydroxyl groups is 2. The van der Waals surface area contributed by atoms with Crippen molar-refractivity contribution in [1.29, 1.82) is 0 Å². The molecule has 5 heteroatoms. The largest absolute Gasteiger partial charge is 0.393 e. The number of aliphatic hydroxyl groups excluding tert-OH is 2. The van der Waals surface area contributed by atoms with Gasteiger partial charge in [-0.2, -0.15) is 0 Å². The zero-order chi connectivity index (χ0) is 18.0. The van der Waals surface area contributed by atoms with Crippen LogP contribution in [0.4, 0.5) is 0 Å². The van der Waals surface area contributed by atoms with Crippen molar-refractivity contribution in [2.24, 2.45) is 0 Å². The van der Waals surface area contributed by atoms with Crippen molar-refractivity contribution in [2.75, 3.05) is 6.61 Å². The average Bonchev–Trinajstić information content (AvgIpc) is 2.58. The molecule has 0 rings (SSSR count). The van der Waals surface area contributed by atoms with E-state index in [2.05, 4.69) is 11.7 Å². The highest BCUT2D eigenvalue weighted by molar-refractivity contribution is 5.93. The van der Waals surface area contributed by atoms with Gasteiger partial charge in [0.1, 0.15) is 0 Å². The topological polar surface area (TPSA) is 83.8 Å². The minimum absolute atomic E-state index is 0.755. The number of rotatable bonds is 15. The molecular weight excluding hydrogens is 308 g/mol. The van der Waals surface area contributed by atoms with Gasteiger partial charge in [-0.1, -0.05) is 77.2 Å². The summed E-state index contributed by atoms with van der Waals surface area (Å²) in [5.74, 6) is -1.93. The molecule has 0 aromatic heterocycles. The molecule has 0 aromatic carbocycles. The standard InChI is InChI=1S/C19H34O5/c1-2-3-4-5-6-7-8-9-10-11-12-13-14-15-18(22)24-19(23)17(21)16-20/h14-15,17,20-21H,2-13,16H2,1H3. The summed E-state index contributed by atoms with van der Waals surface area (Å²) in [6.07, 6.45) is 16.0. The lowest BCUT2D eigenvalue weighted by molar-refractivity contribution is -0.164. The van der Waals surface area contributed by atoms with Gasteiger partial charge in [-0.05, 0) is 12.8 Å². The molecule has 2 N–H and O–H groups in total. The Balaban J connectivity index is 3.40. The van der Waals surface area contributed by atoms with Crippen LogP contribution in [0.25, 0.3) is 0 Å². The number of carbonyl (C=O) groups is 2. The molecule has 0 heterocycles. The van der Waals surface area contributed by atoms with Gasteiger partial charge < -0.3 is 14.9 Å². The van der Waals surface area contributed by atoms with Gasteiger partial charge in [-0.15, -0.1) is 0 Å². The molecule has 0 bridgehead atoms. The molecule has 0 aliphatic carbocycles. The van der Waals surface area contributed by atoms with E-state index in [9.17, 15) is 9.59 Å². The van der Waals surface area contributed by atoms with Gasteiger partial charge in [0.15, 0.2) is 6.10 Å². The third kappa shape index (κ3) is 14.4. The second kappa shape index (κ2) is 16.7. The first-order chi connectivity index (χ1) is 11.6. The van der Waals surface area contributed by atoms with Crippen LogP contribution in [0.1, 0.15) is 84.0 Å². The predicted octanol–water partition coefficient (Wildman–Crippen LogP) is 3.67. The average molecular weight is 342 g/mol. The van der Waals surface area contributed by atoms with Gasteiger partial charge in [0, 0.05) is 6.08 Å². The van der Waals surface area contributed by atoms with Crippen molar-refractivity contribution >= 4 is 11.9 Å². The highest BCUT2D eigenvalue weighted by Crippen LogP contribution is 2.12. The summed E-state index contributed by atoms with van der Waals surface area (Å²) in [5.41, 5.74) is 0. The molecule has 0 aliphatic heterocycles. The number of unbranched alkanes of at least 4 members (excludes halogenated alkanes) is 11. The number of esters is 2. The predicted molar refractivity (Wildman–Crippen MR) is 94.4 cm³/mol. The molecule has 0 saturated heterocycles. The lowest BCUT2D eigenvalue weighted by Crippen LogP contribution is -2.28. The Morgan fingerprint density at radius 1 is 0.917 bits per heavy atom. The van der Waals surface area contributed by atoms with Gasteiger partial charge >= 0.3 is 11.9 Å². The molecule has 0 fully saturated rings. The molecule has 0 radical (unpaired) electrons. The monoisotopic (exact) mass is 342 g/mol. The van der Waals surface area contributed by atoms with E-state index in [1.54, 1.807) is 6.08 Å². The number of hydrogen-bond donors (Lipinski definition) is 2. The lowest BCUT2D eigenvalue weighted by Gasteiger charge is -2.04. The van der Waals surface area contributed by atoms with Gasteiger partial charge in [0.2, 0.25) is 0 Å². The Kier molecular flexibility index (Phi) is 15.8. The molecule has 1 atom stereocenters. The molecule has 0 aliphatic rings. The maximum atomic E-state index is 11.3. The second-order valence-corrected chi connectivity index (χ2v) is 6.17. The minimum atomic E-state index is -1.66. The summed E-state index contributed by atoms with van der Waals surface area (Å²) in [6, 6.07) is 0. The van der Waals surface area contributed by atoms with E-state index in [-0.39, 0.29) is 0 Å². The molecule has 5 nitrogen and oxygen atoms in total. The molecule has 140 valence electrons. The summed E-state index contributed by atoms with van der Waals surface area (Å²) in [7, 11) is 0. The Labute approximate surface area is 146 Å². The van der Waals surface area contributed by atoms with Crippen molar-refractivity contribution in [3.05, 3.63) is 12.2 Å². The van der Waals surface area contributed by atoms with Crippen molar-refractivity contribution in [2.45, 2.75) is 90.1 Å². The molecule has 1 unspecified atom stereocenters. The summed E-state index contributed by atoms with van der Waals surface area (Å²) in [5, 5.41) is 17.5. The summed E-state index contributed by atoms with van der Waals surface area (Å²) >= 11 is 0. The SMILES string of the molecule is CCCCCCCCCCCCCC=CC(=O)OC(=O)C(O)CO. The van der Waals surface area contributed by atoms with E-state index in [1.807, 2.05) is 0 Å². The maximum Gasteiger partial charge on any atom is 0.345 e. The molecule has 0 spiro atoms. The van der Waals surface area contributed by atoms with E-state index in [1.165, 1.54) is 63.9 Å². The van der Waals surface area contributed by atoms with Crippen LogP contribution < -0.4 is 0 Å². The number of carbonyl (C=O) groups excluding carboxylic acids is 2. The van der Waals surface area contributed by atoms with Gasteiger partial charge in [-0.25, -0.2) is 9.59 Å². The third-order valence-corrected chi connectivity index (χ3v) is 3.87. The summed E-state index contributed by atoms with van der Waals surface area (Å²) in [4.78, 5) is 22.3. The normalized spacial score (nSPS) is 12.5. The van der Waals surface area contributed by atoms with E-state index < -0.39 is 24.6 Å². The van der Waals surface area contributed by atoms with Crippen LogP contribution in [0, 0.1) is 0 Å². The lowest BCUT2D eigenvalue weighted by atomic mass is 10.1.